The SMILES string of the molecule is C(=N/Nc1ccccn1)/c1sc(N2CCCCC2)nc1-c1cccs1. The van der Waals surface area contributed by atoms with Crippen LogP contribution < -0.4 is 10.3 Å². The molecule has 1 aliphatic heterocycles. The van der Waals surface area contributed by atoms with Crippen LogP contribution in [0.4, 0.5) is 10.9 Å². The first-order chi connectivity index (χ1) is 12.4. The van der Waals surface area contributed by atoms with E-state index in [1.807, 2.05) is 24.4 Å². The standard InChI is InChI=1S/C18H19N5S2/c1-4-10-23(11-5-1)18-21-17(14-7-6-12-24-14)15(25-18)13-20-22-16-8-2-3-9-19-16/h2-3,6-9,12-13H,1,4-5,10-11H2,(H,19,22)/b20-13-. The Morgan fingerprint density at radius 1 is 1.12 bits per heavy atom. The van der Waals surface area contributed by atoms with E-state index < -0.39 is 0 Å². The van der Waals surface area contributed by atoms with Gasteiger partial charge < -0.3 is 4.90 Å². The minimum atomic E-state index is 0.734. The zero-order valence-electron chi connectivity index (χ0n) is 13.8. The monoisotopic (exact) mass is 369 g/mol. The lowest BCUT2D eigenvalue weighted by atomic mass is 10.1. The van der Waals surface area contributed by atoms with Crippen molar-refractivity contribution in [1.82, 2.24) is 9.97 Å². The normalized spacial score (nSPS) is 15.0. The second kappa shape index (κ2) is 7.76. The molecule has 128 valence electrons. The fourth-order valence-electron chi connectivity index (χ4n) is 2.80. The molecule has 0 aliphatic carbocycles. The van der Waals surface area contributed by atoms with Gasteiger partial charge in [-0.15, -0.1) is 11.3 Å². The van der Waals surface area contributed by atoms with Gasteiger partial charge >= 0.3 is 0 Å². The Bertz CT molecular complexity index is 821. The number of thiazole rings is 1. The molecule has 4 heterocycles. The molecule has 3 aromatic rings. The summed E-state index contributed by atoms with van der Waals surface area (Å²) < 4.78 is 0. The van der Waals surface area contributed by atoms with E-state index in [1.54, 1.807) is 28.9 Å². The Balaban J connectivity index is 1.59. The van der Waals surface area contributed by atoms with Crippen LogP contribution in [0.25, 0.3) is 10.6 Å². The summed E-state index contributed by atoms with van der Waals surface area (Å²) in [5, 5.41) is 7.54. The van der Waals surface area contributed by atoms with E-state index in [4.69, 9.17) is 4.98 Å². The number of hydrazone groups is 1. The Kier molecular flexibility index (Phi) is 5.03. The summed E-state index contributed by atoms with van der Waals surface area (Å²) in [6.07, 6.45) is 7.42. The first-order valence-corrected chi connectivity index (χ1v) is 10.1. The molecular formula is C18H19N5S2. The lowest BCUT2D eigenvalue weighted by Crippen LogP contribution is -2.29. The Morgan fingerprint density at radius 2 is 2.04 bits per heavy atom. The zero-order chi connectivity index (χ0) is 16.9. The van der Waals surface area contributed by atoms with Gasteiger partial charge in [-0.3, -0.25) is 5.43 Å². The summed E-state index contributed by atoms with van der Waals surface area (Å²) >= 11 is 3.42. The van der Waals surface area contributed by atoms with Gasteiger partial charge in [-0.2, -0.15) is 5.10 Å². The van der Waals surface area contributed by atoms with E-state index in [0.29, 0.717) is 0 Å². The minimum Gasteiger partial charge on any atom is -0.348 e. The Morgan fingerprint density at radius 3 is 2.80 bits per heavy atom. The summed E-state index contributed by atoms with van der Waals surface area (Å²) in [5.41, 5.74) is 4.00. The zero-order valence-corrected chi connectivity index (χ0v) is 15.4. The molecule has 1 aliphatic rings. The smallest absolute Gasteiger partial charge is 0.186 e. The Hall–Kier alpha value is -2.25. The van der Waals surface area contributed by atoms with Crippen molar-refractivity contribution in [2.45, 2.75) is 19.3 Å². The van der Waals surface area contributed by atoms with Gasteiger partial charge in [0.05, 0.1) is 16.0 Å². The molecule has 0 bridgehead atoms. The van der Waals surface area contributed by atoms with Crippen molar-refractivity contribution < 1.29 is 0 Å². The second-order valence-electron chi connectivity index (χ2n) is 5.82. The third kappa shape index (κ3) is 3.88. The van der Waals surface area contributed by atoms with Crippen molar-refractivity contribution >= 4 is 39.8 Å². The number of hydrogen-bond acceptors (Lipinski definition) is 7. The van der Waals surface area contributed by atoms with E-state index in [1.165, 1.54) is 24.1 Å². The van der Waals surface area contributed by atoms with Gasteiger partial charge in [-0.25, -0.2) is 9.97 Å². The number of hydrogen-bond donors (Lipinski definition) is 1. The van der Waals surface area contributed by atoms with Gasteiger partial charge in [-0.05, 0) is 42.8 Å². The number of nitrogens with one attached hydrogen (secondary N) is 1. The molecule has 0 unspecified atom stereocenters. The van der Waals surface area contributed by atoms with Crippen LogP contribution in [0.15, 0.2) is 47.0 Å². The number of pyridine rings is 1. The number of rotatable bonds is 5. The Labute approximate surface area is 155 Å². The van der Waals surface area contributed by atoms with E-state index in [2.05, 4.69) is 37.9 Å². The first-order valence-electron chi connectivity index (χ1n) is 8.40. The predicted molar refractivity (Wildman–Crippen MR) is 107 cm³/mol. The topological polar surface area (TPSA) is 53.4 Å². The number of anilines is 2. The van der Waals surface area contributed by atoms with Gasteiger partial charge in [0.15, 0.2) is 5.13 Å². The first kappa shape index (κ1) is 16.2. The fraction of sp³-hybridized carbons (Fsp3) is 0.278. The van der Waals surface area contributed by atoms with Crippen molar-refractivity contribution in [3.63, 3.8) is 0 Å². The molecular weight excluding hydrogens is 350 g/mol. The summed E-state index contributed by atoms with van der Waals surface area (Å²) in [6, 6.07) is 9.89. The van der Waals surface area contributed by atoms with Crippen LogP contribution in [0, 0.1) is 0 Å². The van der Waals surface area contributed by atoms with Crippen molar-refractivity contribution in [3.05, 3.63) is 46.8 Å². The van der Waals surface area contributed by atoms with Gasteiger partial charge in [0, 0.05) is 19.3 Å². The highest BCUT2D eigenvalue weighted by atomic mass is 32.1. The molecule has 1 fully saturated rings. The van der Waals surface area contributed by atoms with Crippen LogP contribution in [0.2, 0.25) is 0 Å². The predicted octanol–water partition coefficient (Wildman–Crippen LogP) is 4.70. The summed E-state index contributed by atoms with van der Waals surface area (Å²) in [4.78, 5) is 13.8. The highest BCUT2D eigenvalue weighted by Crippen LogP contribution is 2.35. The van der Waals surface area contributed by atoms with Crippen molar-refractivity contribution in [2.24, 2.45) is 5.10 Å². The summed E-state index contributed by atoms with van der Waals surface area (Å²) in [7, 11) is 0. The highest BCUT2D eigenvalue weighted by Gasteiger charge is 2.19. The molecule has 0 atom stereocenters. The molecule has 5 nitrogen and oxygen atoms in total. The summed E-state index contributed by atoms with van der Waals surface area (Å²) in [6.45, 7) is 2.19. The lowest BCUT2D eigenvalue weighted by molar-refractivity contribution is 0.577. The van der Waals surface area contributed by atoms with Crippen LogP contribution in [0.5, 0.6) is 0 Å². The third-order valence-electron chi connectivity index (χ3n) is 4.05. The van der Waals surface area contributed by atoms with Crippen molar-refractivity contribution in [2.75, 3.05) is 23.4 Å². The van der Waals surface area contributed by atoms with Gasteiger partial charge in [0.25, 0.3) is 0 Å². The maximum absolute atomic E-state index is 4.92. The van der Waals surface area contributed by atoms with Gasteiger partial charge in [-0.1, -0.05) is 23.5 Å². The molecule has 0 amide bonds. The maximum Gasteiger partial charge on any atom is 0.186 e. The molecule has 3 aromatic heterocycles. The molecule has 1 saturated heterocycles. The molecule has 25 heavy (non-hydrogen) atoms. The van der Waals surface area contributed by atoms with Crippen LogP contribution >= 0.6 is 22.7 Å². The minimum absolute atomic E-state index is 0.734. The molecule has 1 N–H and O–H groups in total. The molecule has 4 rings (SSSR count). The van der Waals surface area contributed by atoms with Crippen molar-refractivity contribution in [3.8, 4) is 10.6 Å². The quantitative estimate of drug-likeness (QED) is 0.523. The van der Waals surface area contributed by atoms with Crippen LogP contribution in [-0.4, -0.2) is 29.3 Å². The number of thiophene rings is 1. The van der Waals surface area contributed by atoms with Crippen LogP contribution in [0.1, 0.15) is 24.1 Å². The van der Waals surface area contributed by atoms with Gasteiger partial charge in [0.2, 0.25) is 0 Å². The molecule has 0 saturated carbocycles. The third-order valence-corrected chi connectivity index (χ3v) is 5.98. The largest absolute Gasteiger partial charge is 0.348 e. The molecule has 0 aromatic carbocycles. The maximum atomic E-state index is 4.92. The van der Waals surface area contributed by atoms with Gasteiger partial charge in [0.1, 0.15) is 11.5 Å². The average molecular weight is 370 g/mol. The molecule has 0 spiro atoms. The van der Waals surface area contributed by atoms with E-state index >= 15 is 0 Å². The fourth-order valence-corrected chi connectivity index (χ4v) is 4.60. The summed E-state index contributed by atoms with van der Waals surface area (Å²) in [5.74, 6) is 0.734. The number of nitrogens with zero attached hydrogens (tertiary/aromatic N) is 4. The highest BCUT2D eigenvalue weighted by molar-refractivity contribution is 7.18. The van der Waals surface area contributed by atoms with E-state index in [9.17, 15) is 0 Å². The van der Waals surface area contributed by atoms with E-state index in [-0.39, 0.29) is 0 Å². The van der Waals surface area contributed by atoms with E-state index in [0.717, 1.165) is 34.6 Å². The molecule has 7 heteroatoms. The second-order valence-corrected chi connectivity index (χ2v) is 7.78. The van der Waals surface area contributed by atoms with Crippen LogP contribution in [-0.2, 0) is 0 Å². The molecule has 0 radical (unpaired) electrons. The van der Waals surface area contributed by atoms with Crippen molar-refractivity contribution in [1.29, 1.82) is 0 Å². The number of aromatic nitrogens is 2. The lowest BCUT2D eigenvalue weighted by Gasteiger charge is -2.25. The average Bonchev–Trinajstić information content (AvgIpc) is 3.33. The van der Waals surface area contributed by atoms with Crippen LogP contribution in [0.3, 0.4) is 0 Å². The number of piperidine rings is 1.